The SMILES string of the molecule is CCCCCC[n+]1c(C)oc2ccccc21.[I-]. The zero-order chi connectivity index (χ0) is 11.4. The van der Waals surface area contributed by atoms with Gasteiger partial charge in [-0.15, -0.1) is 0 Å². The molecule has 3 heteroatoms. The van der Waals surface area contributed by atoms with Crippen LogP contribution in [-0.2, 0) is 6.54 Å². The summed E-state index contributed by atoms with van der Waals surface area (Å²) in [5.74, 6) is 1.01. The summed E-state index contributed by atoms with van der Waals surface area (Å²) in [7, 11) is 0. The van der Waals surface area contributed by atoms with Crippen LogP contribution in [0.25, 0.3) is 11.1 Å². The Morgan fingerprint density at radius 3 is 2.65 bits per heavy atom. The van der Waals surface area contributed by atoms with Crippen molar-refractivity contribution < 1.29 is 33.0 Å². The summed E-state index contributed by atoms with van der Waals surface area (Å²) in [6.45, 7) is 5.36. The number of unbranched alkanes of at least 4 members (excludes halogenated alkanes) is 3. The fourth-order valence-corrected chi connectivity index (χ4v) is 2.12. The minimum absolute atomic E-state index is 0. The maximum absolute atomic E-state index is 5.72. The molecule has 0 N–H and O–H groups in total. The second-order valence-corrected chi connectivity index (χ2v) is 4.30. The number of halogens is 1. The summed E-state index contributed by atoms with van der Waals surface area (Å²) in [4.78, 5) is 0. The number of aromatic nitrogens is 1. The largest absolute Gasteiger partial charge is 1.00 e. The van der Waals surface area contributed by atoms with E-state index >= 15 is 0 Å². The average molecular weight is 345 g/mol. The molecule has 1 aromatic heterocycles. The summed E-state index contributed by atoms with van der Waals surface area (Å²) in [5.41, 5.74) is 2.21. The molecule has 94 valence electrons. The molecular weight excluding hydrogens is 325 g/mol. The molecule has 0 unspecified atom stereocenters. The number of aryl methyl sites for hydroxylation is 2. The third-order valence-corrected chi connectivity index (χ3v) is 3.03. The van der Waals surface area contributed by atoms with Gasteiger partial charge in [0.2, 0.25) is 5.58 Å². The molecule has 0 aliphatic rings. The number of hydrogen-bond acceptors (Lipinski definition) is 1. The fourth-order valence-electron chi connectivity index (χ4n) is 2.12. The predicted octanol–water partition coefficient (Wildman–Crippen LogP) is 0.613. The Kier molecular flexibility index (Phi) is 5.95. The van der Waals surface area contributed by atoms with Crippen LogP contribution in [0.2, 0.25) is 0 Å². The van der Waals surface area contributed by atoms with Gasteiger partial charge in [0.1, 0.15) is 0 Å². The Balaban J connectivity index is 0.00000144. The molecule has 0 fully saturated rings. The average Bonchev–Trinajstić information content (AvgIpc) is 2.61. The summed E-state index contributed by atoms with van der Waals surface area (Å²) in [6, 6.07) is 8.25. The predicted molar refractivity (Wildman–Crippen MR) is 65.3 cm³/mol. The molecule has 0 radical (unpaired) electrons. The van der Waals surface area contributed by atoms with E-state index in [2.05, 4.69) is 23.6 Å². The van der Waals surface area contributed by atoms with Crippen LogP contribution in [0.3, 0.4) is 0 Å². The highest BCUT2D eigenvalue weighted by Gasteiger charge is 2.17. The molecule has 2 aromatic rings. The van der Waals surface area contributed by atoms with Gasteiger partial charge < -0.3 is 28.4 Å². The van der Waals surface area contributed by atoms with Crippen molar-refractivity contribution in [1.29, 1.82) is 0 Å². The topological polar surface area (TPSA) is 17.0 Å². The first-order valence-corrected chi connectivity index (χ1v) is 6.21. The lowest BCUT2D eigenvalue weighted by atomic mass is 10.2. The number of nitrogens with zero attached hydrogens (tertiary/aromatic N) is 1. The Labute approximate surface area is 120 Å². The third-order valence-electron chi connectivity index (χ3n) is 3.03. The Morgan fingerprint density at radius 1 is 1.12 bits per heavy atom. The zero-order valence-electron chi connectivity index (χ0n) is 10.6. The van der Waals surface area contributed by atoms with E-state index in [4.69, 9.17) is 4.42 Å². The molecule has 0 spiro atoms. The van der Waals surface area contributed by atoms with Gasteiger partial charge in [-0.1, -0.05) is 31.9 Å². The zero-order valence-corrected chi connectivity index (χ0v) is 12.7. The first-order chi connectivity index (χ1) is 7.83. The van der Waals surface area contributed by atoms with E-state index in [-0.39, 0.29) is 24.0 Å². The Hall–Kier alpha value is -0.580. The number of rotatable bonds is 5. The molecule has 0 aliphatic carbocycles. The van der Waals surface area contributed by atoms with Gasteiger partial charge in [-0.05, 0) is 12.5 Å². The fraction of sp³-hybridized carbons (Fsp3) is 0.500. The number of fused-ring (bicyclic) bond motifs is 1. The maximum atomic E-state index is 5.72. The highest BCUT2D eigenvalue weighted by atomic mass is 127. The standard InChI is InChI=1S/C14H20NO.HI/c1-3-4-5-8-11-15-12(2)16-14-10-7-6-9-13(14)15;/h6-7,9-10H,3-5,8,11H2,1-2H3;1H/q+1;/p-1. The van der Waals surface area contributed by atoms with E-state index in [0.717, 1.165) is 18.0 Å². The summed E-state index contributed by atoms with van der Waals surface area (Å²) >= 11 is 0. The molecule has 0 aliphatic heterocycles. The van der Waals surface area contributed by atoms with Crippen LogP contribution in [0.15, 0.2) is 28.7 Å². The van der Waals surface area contributed by atoms with Crippen molar-refractivity contribution in [2.24, 2.45) is 0 Å². The highest BCUT2D eigenvalue weighted by Crippen LogP contribution is 2.13. The van der Waals surface area contributed by atoms with Crippen molar-refractivity contribution in [3.8, 4) is 0 Å². The van der Waals surface area contributed by atoms with Gasteiger partial charge in [-0.2, -0.15) is 4.57 Å². The maximum Gasteiger partial charge on any atom is 0.344 e. The molecule has 17 heavy (non-hydrogen) atoms. The number of oxazole rings is 1. The first-order valence-electron chi connectivity index (χ1n) is 6.21. The molecule has 0 saturated carbocycles. The highest BCUT2D eigenvalue weighted by molar-refractivity contribution is 5.68. The van der Waals surface area contributed by atoms with Gasteiger partial charge in [0.05, 0.1) is 6.92 Å². The van der Waals surface area contributed by atoms with Crippen LogP contribution in [-0.4, -0.2) is 0 Å². The molecule has 2 rings (SSSR count). The van der Waals surface area contributed by atoms with Gasteiger partial charge in [-0.25, -0.2) is 0 Å². The second kappa shape index (κ2) is 6.99. The number of hydrogen-bond donors (Lipinski definition) is 0. The molecule has 1 aromatic carbocycles. The van der Waals surface area contributed by atoms with E-state index in [1.807, 2.05) is 19.1 Å². The van der Waals surface area contributed by atoms with Crippen LogP contribution in [0, 0.1) is 6.92 Å². The van der Waals surface area contributed by atoms with Crippen molar-refractivity contribution in [2.75, 3.05) is 0 Å². The second-order valence-electron chi connectivity index (χ2n) is 4.30. The van der Waals surface area contributed by atoms with Crippen LogP contribution in [0.5, 0.6) is 0 Å². The van der Waals surface area contributed by atoms with Crippen molar-refractivity contribution in [3.63, 3.8) is 0 Å². The van der Waals surface area contributed by atoms with E-state index in [9.17, 15) is 0 Å². The minimum Gasteiger partial charge on any atom is -1.00 e. The minimum atomic E-state index is 0. The van der Waals surface area contributed by atoms with E-state index in [1.165, 1.54) is 31.2 Å². The first kappa shape index (κ1) is 14.5. The van der Waals surface area contributed by atoms with Crippen molar-refractivity contribution >= 4 is 11.1 Å². The Morgan fingerprint density at radius 2 is 1.88 bits per heavy atom. The van der Waals surface area contributed by atoms with Crippen molar-refractivity contribution in [1.82, 2.24) is 0 Å². The molecule has 0 bridgehead atoms. The van der Waals surface area contributed by atoms with E-state index in [1.54, 1.807) is 0 Å². The van der Waals surface area contributed by atoms with Gasteiger partial charge in [0.15, 0.2) is 6.54 Å². The number of benzene rings is 1. The van der Waals surface area contributed by atoms with Gasteiger partial charge >= 0.3 is 5.89 Å². The smallest absolute Gasteiger partial charge is 0.344 e. The monoisotopic (exact) mass is 345 g/mol. The van der Waals surface area contributed by atoms with E-state index in [0.29, 0.717) is 0 Å². The molecule has 0 atom stereocenters. The summed E-state index contributed by atoms with van der Waals surface area (Å²) in [5, 5.41) is 0. The quantitative estimate of drug-likeness (QED) is 0.441. The molecular formula is C14H20INO. The van der Waals surface area contributed by atoms with Crippen molar-refractivity contribution in [2.45, 2.75) is 46.1 Å². The van der Waals surface area contributed by atoms with Crippen LogP contribution in [0.4, 0.5) is 0 Å². The van der Waals surface area contributed by atoms with Gasteiger partial charge in [-0.3, -0.25) is 0 Å². The third kappa shape index (κ3) is 3.44. The Bertz CT molecular complexity index is 464. The summed E-state index contributed by atoms with van der Waals surface area (Å²) < 4.78 is 8.00. The lowest BCUT2D eigenvalue weighted by Crippen LogP contribution is -3.00. The van der Waals surface area contributed by atoms with Crippen molar-refractivity contribution in [3.05, 3.63) is 30.2 Å². The van der Waals surface area contributed by atoms with Gasteiger partial charge in [0.25, 0.3) is 5.52 Å². The summed E-state index contributed by atoms with van der Waals surface area (Å²) in [6.07, 6.45) is 5.16. The van der Waals surface area contributed by atoms with Crippen LogP contribution < -0.4 is 28.5 Å². The lowest BCUT2D eigenvalue weighted by Gasteiger charge is -1.95. The van der Waals surface area contributed by atoms with Gasteiger partial charge in [0, 0.05) is 12.5 Å². The molecule has 0 amide bonds. The van der Waals surface area contributed by atoms with Crippen LogP contribution in [0.1, 0.15) is 38.5 Å². The molecule has 2 nitrogen and oxygen atoms in total. The lowest BCUT2D eigenvalue weighted by molar-refractivity contribution is -0.683. The number of para-hydroxylation sites is 2. The van der Waals surface area contributed by atoms with Crippen LogP contribution >= 0.6 is 0 Å². The van der Waals surface area contributed by atoms with E-state index < -0.39 is 0 Å². The molecule has 1 heterocycles. The molecule has 0 saturated heterocycles. The normalized spacial score (nSPS) is 10.5.